The van der Waals surface area contributed by atoms with Gasteiger partial charge in [-0.2, -0.15) is 0 Å². The van der Waals surface area contributed by atoms with Crippen LogP contribution in [0, 0.1) is 5.82 Å². The Morgan fingerprint density at radius 1 is 0.897 bits per heavy atom. The molecular formula is C22H18FN3O3. The summed E-state index contributed by atoms with van der Waals surface area (Å²) in [6.07, 6.45) is 0. The topological polar surface area (TPSA) is 88.2 Å². The highest BCUT2D eigenvalue weighted by Crippen LogP contribution is 2.13. The molecule has 146 valence electrons. The summed E-state index contributed by atoms with van der Waals surface area (Å²) in [5, 5.41) is 5.34. The Labute approximate surface area is 166 Å². The van der Waals surface area contributed by atoms with Crippen molar-refractivity contribution in [3.63, 3.8) is 0 Å². The molecule has 2 aromatic carbocycles. The quantitative estimate of drug-likeness (QED) is 0.629. The average Bonchev–Trinajstić information content (AvgIpc) is 2.73. The Balaban J connectivity index is 1.67. The van der Waals surface area contributed by atoms with E-state index in [2.05, 4.69) is 15.6 Å². The largest absolute Gasteiger partial charge is 0.347 e. The number of ketones is 1. The number of nitrogens with zero attached hydrogens (tertiary/aromatic N) is 1. The lowest BCUT2D eigenvalue weighted by Crippen LogP contribution is -2.25. The molecule has 1 heterocycles. The van der Waals surface area contributed by atoms with Crippen LogP contribution in [0.4, 0.5) is 10.1 Å². The van der Waals surface area contributed by atoms with Crippen LogP contribution in [0.3, 0.4) is 0 Å². The molecule has 0 aliphatic rings. The fraction of sp³-hybridized carbons (Fsp3) is 0.0909. The lowest BCUT2D eigenvalue weighted by Gasteiger charge is -2.08. The van der Waals surface area contributed by atoms with E-state index in [1.165, 1.54) is 31.2 Å². The predicted octanol–water partition coefficient (Wildman–Crippen LogP) is 3.61. The van der Waals surface area contributed by atoms with Gasteiger partial charge in [-0.05, 0) is 48.9 Å². The number of pyridine rings is 1. The van der Waals surface area contributed by atoms with E-state index in [0.29, 0.717) is 11.3 Å². The van der Waals surface area contributed by atoms with E-state index >= 15 is 0 Å². The van der Waals surface area contributed by atoms with Crippen LogP contribution in [0.25, 0.3) is 0 Å². The molecule has 3 rings (SSSR count). The highest BCUT2D eigenvalue weighted by molar-refractivity contribution is 6.04. The van der Waals surface area contributed by atoms with Gasteiger partial charge in [0.15, 0.2) is 5.78 Å². The minimum Gasteiger partial charge on any atom is -0.347 e. The van der Waals surface area contributed by atoms with Crippen LogP contribution < -0.4 is 10.6 Å². The third-order valence-electron chi connectivity index (χ3n) is 4.11. The van der Waals surface area contributed by atoms with Gasteiger partial charge in [0.25, 0.3) is 11.8 Å². The molecule has 0 saturated carbocycles. The first-order chi connectivity index (χ1) is 13.9. The fourth-order valence-electron chi connectivity index (χ4n) is 2.57. The van der Waals surface area contributed by atoms with Gasteiger partial charge in [-0.3, -0.25) is 14.4 Å². The number of nitrogens with one attached hydrogen (secondary N) is 2. The summed E-state index contributed by atoms with van der Waals surface area (Å²) in [6.45, 7) is 1.64. The second-order valence-electron chi connectivity index (χ2n) is 6.31. The van der Waals surface area contributed by atoms with Crippen LogP contribution in [0.15, 0.2) is 66.7 Å². The summed E-state index contributed by atoms with van der Waals surface area (Å²) in [5.74, 6) is -1.42. The summed E-state index contributed by atoms with van der Waals surface area (Å²) >= 11 is 0. The van der Waals surface area contributed by atoms with E-state index < -0.39 is 11.8 Å². The molecule has 0 radical (unpaired) electrons. The second-order valence-corrected chi connectivity index (χ2v) is 6.31. The van der Waals surface area contributed by atoms with Crippen molar-refractivity contribution in [3.8, 4) is 0 Å². The molecule has 0 fully saturated rings. The molecule has 0 spiro atoms. The number of hydrogen-bond donors (Lipinski definition) is 2. The van der Waals surface area contributed by atoms with Crippen LogP contribution in [0.2, 0.25) is 0 Å². The molecule has 0 unspecified atom stereocenters. The van der Waals surface area contributed by atoms with Gasteiger partial charge in [-0.1, -0.05) is 30.3 Å². The molecule has 29 heavy (non-hydrogen) atoms. The number of benzene rings is 2. The van der Waals surface area contributed by atoms with Crippen molar-refractivity contribution >= 4 is 23.3 Å². The zero-order valence-electron chi connectivity index (χ0n) is 15.6. The number of halogens is 1. The number of aromatic nitrogens is 1. The van der Waals surface area contributed by atoms with Crippen molar-refractivity contribution in [1.29, 1.82) is 0 Å². The molecule has 7 heteroatoms. The molecule has 3 aromatic rings. The first-order valence-electron chi connectivity index (χ1n) is 8.84. The molecule has 2 amide bonds. The zero-order valence-corrected chi connectivity index (χ0v) is 15.6. The Hall–Kier alpha value is -3.87. The molecule has 1 aromatic heterocycles. The maximum absolute atomic E-state index is 12.9. The number of rotatable bonds is 6. The van der Waals surface area contributed by atoms with Gasteiger partial charge in [0, 0.05) is 17.8 Å². The summed E-state index contributed by atoms with van der Waals surface area (Å²) < 4.78 is 12.9. The maximum atomic E-state index is 12.9. The van der Waals surface area contributed by atoms with E-state index in [1.54, 1.807) is 42.5 Å². The van der Waals surface area contributed by atoms with Crippen LogP contribution in [0.1, 0.15) is 43.8 Å². The molecule has 0 aliphatic heterocycles. The third kappa shape index (κ3) is 5.32. The normalized spacial score (nSPS) is 10.3. The van der Waals surface area contributed by atoms with Crippen molar-refractivity contribution in [1.82, 2.24) is 10.3 Å². The van der Waals surface area contributed by atoms with Crippen molar-refractivity contribution in [3.05, 3.63) is 95.1 Å². The molecule has 0 bridgehead atoms. The number of Topliss-reactive ketones (excluding diaryl/α,β-unsaturated/α-hetero) is 1. The van der Waals surface area contributed by atoms with Crippen molar-refractivity contribution in [2.75, 3.05) is 5.32 Å². The Kier molecular flexibility index (Phi) is 6.09. The first kappa shape index (κ1) is 19.9. The monoisotopic (exact) mass is 391 g/mol. The minimum atomic E-state index is -0.501. The number of anilines is 1. The molecule has 2 N–H and O–H groups in total. The van der Waals surface area contributed by atoms with E-state index in [4.69, 9.17) is 0 Å². The highest BCUT2D eigenvalue weighted by atomic mass is 19.1. The Bertz CT molecular complexity index is 1060. The Morgan fingerprint density at radius 3 is 2.24 bits per heavy atom. The predicted molar refractivity (Wildman–Crippen MR) is 106 cm³/mol. The van der Waals surface area contributed by atoms with Crippen LogP contribution in [0.5, 0.6) is 0 Å². The van der Waals surface area contributed by atoms with Gasteiger partial charge < -0.3 is 10.6 Å². The third-order valence-corrected chi connectivity index (χ3v) is 4.11. The summed E-state index contributed by atoms with van der Waals surface area (Å²) in [4.78, 5) is 40.3. The fourth-order valence-corrected chi connectivity index (χ4v) is 2.57. The van der Waals surface area contributed by atoms with Gasteiger partial charge in [0.1, 0.15) is 17.2 Å². The smallest absolute Gasteiger partial charge is 0.274 e. The van der Waals surface area contributed by atoms with Crippen LogP contribution >= 0.6 is 0 Å². The molecular weight excluding hydrogens is 373 g/mol. The summed E-state index contributed by atoms with van der Waals surface area (Å²) in [7, 11) is 0. The van der Waals surface area contributed by atoms with Gasteiger partial charge in [-0.25, -0.2) is 9.37 Å². The standard InChI is InChI=1S/C22H18FN3O3/c1-14(27)16-4-2-5-18(12-16)25-22(29)20-7-3-6-19(26-20)21(28)24-13-15-8-10-17(23)11-9-15/h2-12H,13H2,1H3,(H,24,28)(H,25,29). The highest BCUT2D eigenvalue weighted by Gasteiger charge is 2.13. The van der Waals surface area contributed by atoms with Gasteiger partial charge >= 0.3 is 0 Å². The lowest BCUT2D eigenvalue weighted by molar-refractivity contribution is 0.0944. The van der Waals surface area contributed by atoms with E-state index in [-0.39, 0.29) is 29.5 Å². The lowest BCUT2D eigenvalue weighted by atomic mass is 10.1. The molecule has 0 atom stereocenters. The second kappa shape index (κ2) is 8.88. The van der Waals surface area contributed by atoms with Crippen molar-refractivity contribution in [2.24, 2.45) is 0 Å². The number of carbonyl (C=O) groups excluding carboxylic acids is 3. The Morgan fingerprint density at radius 2 is 1.55 bits per heavy atom. The van der Waals surface area contributed by atoms with Crippen LogP contribution in [-0.2, 0) is 6.54 Å². The molecule has 0 aliphatic carbocycles. The van der Waals surface area contributed by atoms with Crippen molar-refractivity contribution < 1.29 is 18.8 Å². The van der Waals surface area contributed by atoms with E-state index in [1.807, 2.05) is 0 Å². The van der Waals surface area contributed by atoms with Crippen molar-refractivity contribution in [2.45, 2.75) is 13.5 Å². The van der Waals surface area contributed by atoms with Crippen LogP contribution in [-0.4, -0.2) is 22.6 Å². The zero-order chi connectivity index (χ0) is 20.8. The van der Waals surface area contributed by atoms with Gasteiger partial charge in [0.2, 0.25) is 0 Å². The minimum absolute atomic E-state index is 0.0626. The SMILES string of the molecule is CC(=O)c1cccc(NC(=O)c2cccc(C(=O)NCc3ccc(F)cc3)n2)c1. The summed E-state index contributed by atoms with van der Waals surface area (Å²) in [6, 6.07) is 16.8. The average molecular weight is 391 g/mol. The maximum Gasteiger partial charge on any atom is 0.274 e. The molecule has 0 saturated heterocycles. The number of amides is 2. The van der Waals surface area contributed by atoms with E-state index in [9.17, 15) is 18.8 Å². The molecule has 6 nitrogen and oxygen atoms in total. The van der Waals surface area contributed by atoms with E-state index in [0.717, 1.165) is 5.56 Å². The number of carbonyl (C=O) groups is 3. The summed E-state index contributed by atoms with van der Waals surface area (Å²) in [5.41, 5.74) is 1.81. The van der Waals surface area contributed by atoms with Gasteiger partial charge in [0.05, 0.1) is 0 Å². The number of hydrogen-bond acceptors (Lipinski definition) is 4. The van der Waals surface area contributed by atoms with Gasteiger partial charge in [-0.15, -0.1) is 0 Å². The first-order valence-corrected chi connectivity index (χ1v) is 8.84.